The van der Waals surface area contributed by atoms with E-state index in [1.54, 1.807) is 6.33 Å². The van der Waals surface area contributed by atoms with Crippen LogP contribution in [0.1, 0.15) is 49.6 Å². The van der Waals surface area contributed by atoms with Crippen molar-refractivity contribution in [1.82, 2.24) is 9.97 Å². The summed E-state index contributed by atoms with van der Waals surface area (Å²) < 4.78 is 0. The van der Waals surface area contributed by atoms with E-state index in [4.69, 9.17) is 0 Å². The van der Waals surface area contributed by atoms with Gasteiger partial charge in [-0.15, -0.1) is 0 Å². The van der Waals surface area contributed by atoms with Crippen molar-refractivity contribution in [2.75, 3.05) is 0 Å². The van der Waals surface area contributed by atoms with Crippen molar-refractivity contribution in [2.24, 2.45) is 0 Å². The van der Waals surface area contributed by atoms with Gasteiger partial charge in [0, 0.05) is 16.4 Å². The standard InChI is InChI=1S/C12H17BrN2/c1-3-10(13)8(2)12-9-5-4-6-11(9)14-7-15-12/h7-8,10H,3-6H2,1-2H3. The quantitative estimate of drug-likeness (QED) is 0.787. The minimum Gasteiger partial charge on any atom is -0.241 e. The molecule has 3 heteroatoms. The van der Waals surface area contributed by atoms with Crippen molar-refractivity contribution in [3.8, 4) is 0 Å². The van der Waals surface area contributed by atoms with E-state index in [0.29, 0.717) is 10.7 Å². The van der Waals surface area contributed by atoms with Gasteiger partial charge in [0.15, 0.2) is 0 Å². The lowest BCUT2D eigenvalue weighted by Gasteiger charge is -2.18. The third-order valence-electron chi connectivity index (χ3n) is 3.27. The van der Waals surface area contributed by atoms with Crippen molar-refractivity contribution in [1.29, 1.82) is 0 Å². The normalized spacial score (nSPS) is 18.6. The highest BCUT2D eigenvalue weighted by atomic mass is 79.9. The molecule has 1 heterocycles. The van der Waals surface area contributed by atoms with Crippen LogP contribution < -0.4 is 0 Å². The molecule has 0 radical (unpaired) electrons. The van der Waals surface area contributed by atoms with E-state index >= 15 is 0 Å². The number of hydrogen-bond acceptors (Lipinski definition) is 2. The van der Waals surface area contributed by atoms with E-state index in [1.165, 1.54) is 29.8 Å². The number of fused-ring (bicyclic) bond motifs is 1. The zero-order valence-electron chi connectivity index (χ0n) is 9.33. The van der Waals surface area contributed by atoms with Gasteiger partial charge < -0.3 is 0 Å². The van der Waals surface area contributed by atoms with Gasteiger partial charge in [-0.3, -0.25) is 0 Å². The van der Waals surface area contributed by atoms with E-state index in [-0.39, 0.29) is 0 Å². The maximum Gasteiger partial charge on any atom is 0.115 e. The Morgan fingerprint density at radius 1 is 1.40 bits per heavy atom. The molecule has 2 unspecified atom stereocenters. The molecule has 0 N–H and O–H groups in total. The fraction of sp³-hybridized carbons (Fsp3) is 0.667. The Morgan fingerprint density at radius 2 is 2.20 bits per heavy atom. The molecule has 1 aliphatic rings. The summed E-state index contributed by atoms with van der Waals surface area (Å²) in [5, 5.41) is 0. The molecule has 15 heavy (non-hydrogen) atoms. The summed E-state index contributed by atoms with van der Waals surface area (Å²) in [6.07, 6.45) is 6.41. The average Bonchev–Trinajstić information content (AvgIpc) is 2.74. The first-order chi connectivity index (χ1) is 7.24. The molecule has 0 fully saturated rings. The molecule has 0 aromatic carbocycles. The van der Waals surface area contributed by atoms with Gasteiger partial charge in [-0.2, -0.15) is 0 Å². The molecule has 0 aliphatic heterocycles. The summed E-state index contributed by atoms with van der Waals surface area (Å²) in [6.45, 7) is 4.46. The number of aromatic nitrogens is 2. The number of rotatable bonds is 3. The van der Waals surface area contributed by atoms with Crippen LogP contribution >= 0.6 is 15.9 Å². The van der Waals surface area contributed by atoms with Gasteiger partial charge >= 0.3 is 0 Å². The average molecular weight is 269 g/mol. The van der Waals surface area contributed by atoms with Crippen molar-refractivity contribution in [2.45, 2.75) is 50.3 Å². The highest BCUT2D eigenvalue weighted by Crippen LogP contribution is 2.31. The zero-order chi connectivity index (χ0) is 10.8. The Labute approximate surface area is 99.7 Å². The molecular formula is C12H17BrN2. The maximum atomic E-state index is 4.48. The highest BCUT2D eigenvalue weighted by molar-refractivity contribution is 9.09. The van der Waals surface area contributed by atoms with Crippen molar-refractivity contribution in [3.63, 3.8) is 0 Å². The second kappa shape index (κ2) is 4.60. The van der Waals surface area contributed by atoms with E-state index in [0.717, 1.165) is 12.8 Å². The van der Waals surface area contributed by atoms with Crippen LogP contribution in [0.2, 0.25) is 0 Å². The number of aryl methyl sites for hydroxylation is 1. The predicted molar refractivity (Wildman–Crippen MR) is 65.5 cm³/mol. The SMILES string of the molecule is CCC(Br)C(C)c1ncnc2c1CCC2. The number of halogens is 1. The van der Waals surface area contributed by atoms with Gasteiger partial charge in [0.25, 0.3) is 0 Å². The minimum absolute atomic E-state index is 0.491. The molecule has 0 saturated carbocycles. The Hall–Kier alpha value is -0.440. The molecule has 0 spiro atoms. The number of alkyl halides is 1. The molecule has 2 atom stereocenters. The van der Waals surface area contributed by atoms with Gasteiger partial charge in [0.1, 0.15) is 6.33 Å². The lowest BCUT2D eigenvalue weighted by atomic mass is 9.97. The van der Waals surface area contributed by atoms with Gasteiger partial charge in [0.05, 0.1) is 5.69 Å². The molecule has 1 aliphatic carbocycles. The van der Waals surface area contributed by atoms with Crippen LogP contribution in [0.3, 0.4) is 0 Å². The van der Waals surface area contributed by atoms with Gasteiger partial charge in [-0.1, -0.05) is 29.8 Å². The topological polar surface area (TPSA) is 25.8 Å². The molecule has 0 amide bonds. The van der Waals surface area contributed by atoms with Crippen LogP contribution in [0.15, 0.2) is 6.33 Å². The summed E-state index contributed by atoms with van der Waals surface area (Å²) >= 11 is 3.73. The number of hydrogen-bond donors (Lipinski definition) is 0. The Bertz CT molecular complexity index is 351. The summed E-state index contributed by atoms with van der Waals surface area (Å²) in [5.74, 6) is 0.491. The monoisotopic (exact) mass is 268 g/mol. The molecule has 0 saturated heterocycles. The van der Waals surface area contributed by atoms with Crippen molar-refractivity contribution in [3.05, 3.63) is 23.3 Å². The van der Waals surface area contributed by atoms with E-state index in [2.05, 4.69) is 39.7 Å². The second-order valence-corrected chi connectivity index (χ2v) is 5.43. The van der Waals surface area contributed by atoms with Crippen LogP contribution in [0.5, 0.6) is 0 Å². The van der Waals surface area contributed by atoms with Crippen LogP contribution in [-0.4, -0.2) is 14.8 Å². The number of nitrogens with zero attached hydrogens (tertiary/aromatic N) is 2. The smallest absolute Gasteiger partial charge is 0.115 e. The largest absolute Gasteiger partial charge is 0.241 e. The first-order valence-electron chi connectivity index (χ1n) is 5.70. The Balaban J connectivity index is 2.32. The summed E-state index contributed by atoms with van der Waals surface area (Å²) in [6, 6.07) is 0. The van der Waals surface area contributed by atoms with Crippen LogP contribution in [0, 0.1) is 0 Å². The lowest BCUT2D eigenvalue weighted by molar-refractivity contribution is 0.663. The zero-order valence-corrected chi connectivity index (χ0v) is 10.9. The maximum absolute atomic E-state index is 4.48. The Kier molecular flexibility index (Phi) is 3.39. The Morgan fingerprint density at radius 3 is 2.93 bits per heavy atom. The molecule has 2 rings (SSSR count). The first kappa shape index (κ1) is 11.1. The third kappa shape index (κ3) is 2.07. The third-order valence-corrected chi connectivity index (χ3v) is 4.71. The predicted octanol–water partition coefficient (Wildman–Crippen LogP) is 3.24. The van der Waals surface area contributed by atoms with Crippen LogP contribution in [-0.2, 0) is 12.8 Å². The summed E-state index contributed by atoms with van der Waals surface area (Å²) in [7, 11) is 0. The summed E-state index contributed by atoms with van der Waals surface area (Å²) in [4.78, 5) is 9.36. The van der Waals surface area contributed by atoms with Gasteiger partial charge in [0.2, 0.25) is 0 Å². The van der Waals surface area contributed by atoms with E-state index < -0.39 is 0 Å². The fourth-order valence-corrected chi connectivity index (χ4v) is 2.55. The minimum atomic E-state index is 0.491. The van der Waals surface area contributed by atoms with Gasteiger partial charge in [-0.05, 0) is 31.2 Å². The molecule has 1 aromatic rings. The fourth-order valence-electron chi connectivity index (χ4n) is 2.30. The molecule has 82 valence electrons. The van der Waals surface area contributed by atoms with Crippen LogP contribution in [0.4, 0.5) is 0 Å². The second-order valence-electron chi connectivity index (χ2n) is 4.25. The van der Waals surface area contributed by atoms with E-state index in [1.807, 2.05) is 0 Å². The van der Waals surface area contributed by atoms with Crippen LogP contribution in [0.25, 0.3) is 0 Å². The molecule has 1 aromatic heterocycles. The highest BCUT2D eigenvalue weighted by Gasteiger charge is 2.23. The van der Waals surface area contributed by atoms with Crippen molar-refractivity contribution < 1.29 is 0 Å². The first-order valence-corrected chi connectivity index (χ1v) is 6.62. The lowest BCUT2D eigenvalue weighted by Crippen LogP contribution is -2.12. The van der Waals surface area contributed by atoms with E-state index in [9.17, 15) is 0 Å². The molecule has 0 bridgehead atoms. The summed E-state index contributed by atoms with van der Waals surface area (Å²) in [5.41, 5.74) is 3.96. The molecular weight excluding hydrogens is 252 g/mol. The molecule has 2 nitrogen and oxygen atoms in total. The van der Waals surface area contributed by atoms with Gasteiger partial charge in [-0.25, -0.2) is 9.97 Å². The van der Waals surface area contributed by atoms with Crippen molar-refractivity contribution >= 4 is 15.9 Å².